The fraction of sp³-hybridized carbons (Fsp3) is 0.250. The van der Waals surface area contributed by atoms with Crippen molar-refractivity contribution in [1.82, 2.24) is 0 Å². The zero-order valence-electron chi connectivity index (χ0n) is 8.59. The summed E-state index contributed by atoms with van der Waals surface area (Å²) >= 11 is 0. The van der Waals surface area contributed by atoms with Crippen LogP contribution in [0.15, 0.2) is 35.3 Å². The Kier molecular flexibility index (Phi) is 2.97. The Balaban J connectivity index is 2.23. The summed E-state index contributed by atoms with van der Waals surface area (Å²) in [4.78, 5) is 16.0. The molecule has 0 bridgehead atoms. The summed E-state index contributed by atoms with van der Waals surface area (Å²) in [5.41, 5.74) is 0.507. The lowest BCUT2D eigenvalue weighted by atomic mass is 9.99. The second-order valence-corrected chi connectivity index (χ2v) is 3.36. The van der Waals surface area contributed by atoms with Gasteiger partial charge in [-0.3, -0.25) is 9.79 Å². The Morgan fingerprint density at radius 1 is 1.44 bits per heavy atom. The SMILES string of the molecule is N#CC(C(=O)c1ccccc1)C1=NCCO1. The molecule has 1 aromatic rings. The monoisotopic (exact) mass is 214 g/mol. The van der Waals surface area contributed by atoms with Gasteiger partial charge >= 0.3 is 0 Å². The summed E-state index contributed by atoms with van der Waals surface area (Å²) in [6, 6.07) is 10.6. The topological polar surface area (TPSA) is 62.5 Å². The summed E-state index contributed by atoms with van der Waals surface area (Å²) in [6.07, 6.45) is 0. The molecule has 0 amide bonds. The predicted molar refractivity (Wildman–Crippen MR) is 58.1 cm³/mol. The zero-order chi connectivity index (χ0) is 11.4. The minimum absolute atomic E-state index is 0.247. The maximum Gasteiger partial charge on any atom is 0.209 e. The molecule has 4 nitrogen and oxygen atoms in total. The molecule has 1 heterocycles. The number of hydrogen-bond acceptors (Lipinski definition) is 4. The van der Waals surface area contributed by atoms with Crippen molar-refractivity contribution in [3.05, 3.63) is 35.9 Å². The van der Waals surface area contributed by atoms with Gasteiger partial charge < -0.3 is 4.74 Å². The van der Waals surface area contributed by atoms with E-state index in [1.54, 1.807) is 24.3 Å². The lowest BCUT2D eigenvalue weighted by Gasteiger charge is -2.07. The van der Waals surface area contributed by atoms with Crippen LogP contribution in [0.1, 0.15) is 10.4 Å². The van der Waals surface area contributed by atoms with Crippen LogP contribution < -0.4 is 0 Å². The summed E-state index contributed by atoms with van der Waals surface area (Å²) < 4.78 is 5.16. The van der Waals surface area contributed by atoms with E-state index in [2.05, 4.69) is 4.99 Å². The fourth-order valence-electron chi connectivity index (χ4n) is 1.52. The quantitative estimate of drug-likeness (QED) is 0.715. The van der Waals surface area contributed by atoms with Crippen LogP contribution in [0.25, 0.3) is 0 Å². The Morgan fingerprint density at radius 3 is 2.75 bits per heavy atom. The first-order chi connectivity index (χ1) is 7.83. The zero-order valence-corrected chi connectivity index (χ0v) is 8.59. The molecule has 0 saturated heterocycles. The summed E-state index contributed by atoms with van der Waals surface area (Å²) in [7, 11) is 0. The molecule has 0 N–H and O–H groups in total. The van der Waals surface area contributed by atoms with Crippen LogP contribution in [0.2, 0.25) is 0 Å². The highest BCUT2D eigenvalue weighted by molar-refractivity contribution is 6.12. The van der Waals surface area contributed by atoms with E-state index >= 15 is 0 Å². The third-order valence-corrected chi connectivity index (χ3v) is 2.31. The Labute approximate surface area is 93.2 Å². The Bertz CT molecular complexity index is 460. The van der Waals surface area contributed by atoms with Crippen molar-refractivity contribution in [2.24, 2.45) is 10.9 Å². The van der Waals surface area contributed by atoms with Crippen LogP contribution in [-0.4, -0.2) is 24.8 Å². The standard InChI is InChI=1S/C12H10N2O2/c13-8-10(12-14-6-7-16-12)11(15)9-4-2-1-3-5-9/h1-5,10H,6-7H2. The average Bonchev–Trinajstić information content (AvgIpc) is 2.85. The maximum atomic E-state index is 12.0. The van der Waals surface area contributed by atoms with Crippen LogP contribution in [0.3, 0.4) is 0 Å². The van der Waals surface area contributed by atoms with Gasteiger partial charge in [-0.25, -0.2) is 0 Å². The van der Waals surface area contributed by atoms with Gasteiger partial charge in [-0.1, -0.05) is 30.3 Å². The Hall–Kier alpha value is -2.15. The van der Waals surface area contributed by atoms with E-state index in [1.807, 2.05) is 12.1 Å². The number of rotatable bonds is 3. The lowest BCUT2D eigenvalue weighted by Crippen LogP contribution is -2.23. The predicted octanol–water partition coefficient (Wildman–Crippen LogP) is 1.44. The molecule has 4 heteroatoms. The smallest absolute Gasteiger partial charge is 0.209 e. The molecule has 0 saturated carbocycles. The van der Waals surface area contributed by atoms with Gasteiger partial charge in [0.05, 0.1) is 12.6 Å². The van der Waals surface area contributed by atoms with Gasteiger partial charge in [-0.15, -0.1) is 0 Å². The van der Waals surface area contributed by atoms with Crippen LogP contribution in [0, 0.1) is 17.2 Å². The summed E-state index contributed by atoms with van der Waals surface area (Å²) in [5, 5.41) is 8.99. The maximum absolute atomic E-state index is 12.0. The molecule has 16 heavy (non-hydrogen) atoms. The molecule has 80 valence electrons. The molecule has 1 aromatic carbocycles. The second kappa shape index (κ2) is 4.58. The number of carbonyl (C=O) groups is 1. The van der Waals surface area contributed by atoms with Crippen LogP contribution >= 0.6 is 0 Å². The third-order valence-electron chi connectivity index (χ3n) is 2.31. The van der Waals surface area contributed by atoms with Crippen LogP contribution in [0.5, 0.6) is 0 Å². The molecule has 1 aliphatic heterocycles. The minimum atomic E-state index is -0.912. The van der Waals surface area contributed by atoms with Gasteiger partial charge in [0.1, 0.15) is 6.61 Å². The molecule has 0 fully saturated rings. The van der Waals surface area contributed by atoms with Crippen LogP contribution in [-0.2, 0) is 4.74 Å². The first-order valence-corrected chi connectivity index (χ1v) is 4.99. The molecule has 1 unspecified atom stereocenters. The molecule has 0 aromatic heterocycles. The molecule has 0 radical (unpaired) electrons. The van der Waals surface area contributed by atoms with Gasteiger partial charge in [-0.2, -0.15) is 5.26 Å². The molecule has 0 spiro atoms. The van der Waals surface area contributed by atoms with Crippen molar-refractivity contribution in [3.63, 3.8) is 0 Å². The number of ether oxygens (including phenoxy) is 1. The molecular weight excluding hydrogens is 204 g/mol. The first kappa shape index (κ1) is 10.4. The van der Waals surface area contributed by atoms with E-state index in [1.165, 1.54) is 0 Å². The van der Waals surface area contributed by atoms with E-state index in [-0.39, 0.29) is 11.7 Å². The minimum Gasteiger partial charge on any atom is -0.478 e. The van der Waals surface area contributed by atoms with Crippen molar-refractivity contribution in [3.8, 4) is 6.07 Å². The summed E-state index contributed by atoms with van der Waals surface area (Å²) in [5.74, 6) is -0.926. The lowest BCUT2D eigenvalue weighted by molar-refractivity contribution is 0.0966. The van der Waals surface area contributed by atoms with E-state index in [4.69, 9.17) is 10.00 Å². The highest BCUT2D eigenvalue weighted by Crippen LogP contribution is 2.13. The van der Waals surface area contributed by atoms with Gasteiger partial charge in [0.15, 0.2) is 11.7 Å². The van der Waals surface area contributed by atoms with E-state index < -0.39 is 5.92 Å². The first-order valence-electron chi connectivity index (χ1n) is 4.99. The number of hydrogen-bond donors (Lipinski definition) is 0. The highest BCUT2D eigenvalue weighted by atomic mass is 16.5. The molecular formula is C12H10N2O2. The molecule has 1 aliphatic rings. The number of Topliss-reactive ketones (excluding diaryl/α,β-unsaturated/α-hetero) is 1. The van der Waals surface area contributed by atoms with E-state index in [0.717, 1.165) is 0 Å². The third kappa shape index (κ3) is 1.94. The largest absolute Gasteiger partial charge is 0.478 e. The normalized spacial score (nSPS) is 15.8. The highest BCUT2D eigenvalue weighted by Gasteiger charge is 2.28. The van der Waals surface area contributed by atoms with E-state index in [9.17, 15) is 4.79 Å². The number of aliphatic imine (C=N–C) groups is 1. The number of nitrogens with zero attached hydrogens (tertiary/aromatic N) is 2. The van der Waals surface area contributed by atoms with Gasteiger partial charge in [0.25, 0.3) is 0 Å². The van der Waals surface area contributed by atoms with Crippen molar-refractivity contribution in [2.45, 2.75) is 0 Å². The molecule has 0 aliphatic carbocycles. The number of nitriles is 1. The average molecular weight is 214 g/mol. The van der Waals surface area contributed by atoms with Crippen LogP contribution in [0.4, 0.5) is 0 Å². The number of carbonyl (C=O) groups excluding carboxylic acids is 1. The second-order valence-electron chi connectivity index (χ2n) is 3.36. The van der Waals surface area contributed by atoms with Gasteiger partial charge in [-0.05, 0) is 0 Å². The van der Waals surface area contributed by atoms with Crippen molar-refractivity contribution < 1.29 is 9.53 Å². The van der Waals surface area contributed by atoms with Gasteiger partial charge in [0.2, 0.25) is 5.90 Å². The van der Waals surface area contributed by atoms with Crippen molar-refractivity contribution >= 4 is 11.7 Å². The number of ketones is 1. The van der Waals surface area contributed by atoms with Gasteiger partial charge in [0, 0.05) is 5.56 Å². The van der Waals surface area contributed by atoms with E-state index in [0.29, 0.717) is 18.7 Å². The molecule has 2 rings (SSSR count). The van der Waals surface area contributed by atoms with Crippen molar-refractivity contribution in [2.75, 3.05) is 13.2 Å². The van der Waals surface area contributed by atoms with Crippen molar-refractivity contribution in [1.29, 1.82) is 5.26 Å². The Morgan fingerprint density at radius 2 is 2.19 bits per heavy atom. The summed E-state index contributed by atoms with van der Waals surface area (Å²) in [6.45, 7) is 0.977. The number of benzene rings is 1. The fourth-order valence-corrected chi connectivity index (χ4v) is 1.52. The molecule has 1 atom stereocenters.